The van der Waals surface area contributed by atoms with E-state index >= 15 is 0 Å². The standard InChI is InChI=1S/C22H32N4O4S/c1-17(2)18-7-8-20(30-3)21(14-18)31(28,29)26-12-4-6-19(15-26)22(27)24-9-5-11-25-13-10-23-16-25/h7-8,10,13-14,16-17,19H,4-6,9,11-12,15H2,1-3H3,(H,24,27)/t19-/m0/s1. The molecule has 0 radical (unpaired) electrons. The van der Waals surface area contributed by atoms with Gasteiger partial charge in [0, 0.05) is 38.6 Å². The number of imidazole rings is 1. The molecule has 0 saturated carbocycles. The Bertz CT molecular complexity index is 973. The van der Waals surface area contributed by atoms with Crippen LogP contribution in [0.25, 0.3) is 0 Å². The molecule has 1 aliphatic heterocycles. The van der Waals surface area contributed by atoms with Crippen LogP contribution in [0.1, 0.15) is 44.6 Å². The third-order valence-electron chi connectivity index (χ3n) is 5.68. The molecule has 9 heteroatoms. The van der Waals surface area contributed by atoms with E-state index in [1.807, 2.05) is 30.7 Å². The van der Waals surface area contributed by atoms with Gasteiger partial charge >= 0.3 is 0 Å². The second-order valence-electron chi connectivity index (χ2n) is 8.21. The Morgan fingerprint density at radius 3 is 2.84 bits per heavy atom. The number of piperidine rings is 1. The van der Waals surface area contributed by atoms with Crippen molar-refractivity contribution in [3.8, 4) is 5.75 Å². The Morgan fingerprint density at radius 1 is 1.35 bits per heavy atom. The number of rotatable bonds is 9. The number of nitrogens with zero attached hydrogens (tertiary/aromatic N) is 3. The Kier molecular flexibility index (Phi) is 7.72. The Morgan fingerprint density at radius 2 is 2.16 bits per heavy atom. The summed E-state index contributed by atoms with van der Waals surface area (Å²) in [5.74, 6) is 0.0852. The van der Waals surface area contributed by atoms with E-state index in [4.69, 9.17) is 4.74 Å². The highest BCUT2D eigenvalue weighted by molar-refractivity contribution is 7.89. The predicted octanol–water partition coefficient (Wildman–Crippen LogP) is 2.62. The number of nitrogens with one attached hydrogen (secondary N) is 1. The summed E-state index contributed by atoms with van der Waals surface area (Å²) in [6.45, 7) is 5.95. The van der Waals surface area contributed by atoms with Gasteiger partial charge in [0.2, 0.25) is 15.9 Å². The summed E-state index contributed by atoms with van der Waals surface area (Å²) in [5.41, 5.74) is 0.934. The highest BCUT2D eigenvalue weighted by Gasteiger charge is 2.35. The molecule has 1 atom stereocenters. The van der Waals surface area contributed by atoms with Crippen LogP contribution in [0.4, 0.5) is 0 Å². The number of amides is 1. The zero-order valence-corrected chi connectivity index (χ0v) is 19.3. The normalized spacial score (nSPS) is 17.6. The Labute approximate surface area is 184 Å². The van der Waals surface area contributed by atoms with Crippen LogP contribution in [-0.4, -0.2) is 54.9 Å². The van der Waals surface area contributed by atoms with Gasteiger partial charge in [-0.1, -0.05) is 19.9 Å². The summed E-state index contributed by atoms with van der Waals surface area (Å²) in [6, 6.07) is 5.29. The Balaban J connectivity index is 1.65. The van der Waals surface area contributed by atoms with E-state index in [1.165, 1.54) is 11.4 Å². The number of ether oxygens (including phenoxy) is 1. The van der Waals surface area contributed by atoms with Gasteiger partial charge in [0.1, 0.15) is 10.6 Å². The lowest BCUT2D eigenvalue weighted by atomic mass is 9.99. The quantitative estimate of drug-likeness (QED) is 0.595. The molecule has 31 heavy (non-hydrogen) atoms. The molecular formula is C22H32N4O4S. The van der Waals surface area contributed by atoms with Gasteiger partial charge in [0.25, 0.3) is 0 Å². The lowest BCUT2D eigenvalue weighted by Crippen LogP contribution is -2.45. The first-order valence-electron chi connectivity index (χ1n) is 10.7. The van der Waals surface area contributed by atoms with Gasteiger partial charge in [-0.15, -0.1) is 0 Å². The van der Waals surface area contributed by atoms with Gasteiger partial charge in [0.15, 0.2) is 0 Å². The largest absolute Gasteiger partial charge is 0.495 e. The summed E-state index contributed by atoms with van der Waals surface area (Å²) in [5, 5.41) is 2.95. The number of hydrogen-bond donors (Lipinski definition) is 1. The van der Waals surface area contributed by atoms with E-state index in [1.54, 1.807) is 24.7 Å². The fourth-order valence-electron chi connectivity index (χ4n) is 3.80. The predicted molar refractivity (Wildman–Crippen MR) is 118 cm³/mol. The lowest BCUT2D eigenvalue weighted by Gasteiger charge is -2.31. The van der Waals surface area contributed by atoms with Gasteiger partial charge in [0.05, 0.1) is 19.4 Å². The second-order valence-corrected chi connectivity index (χ2v) is 10.1. The highest BCUT2D eigenvalue weighted by Crippen LogP contribution is 2.32. The molecule has 1 aliphatic rings. The molecule has 1 N–H and O–H groups in total. The number of sulfonamides is 1. The van der Waals surface area contributed by atoms with Crippen molar-refractivity contribution >= 4 is 15.9 Å². The molecule has 1 saturated heterocycles. The van der Waals surface area contributed by atoms with E-state index in [0.29, 0.717) is 31.7 Å². The van der Waals surface area contributed by atoms with Gasteiger partial charge < -0.3 is 14.6 Å². The highest BCUT2D eigenvalue weighted by atomic mass is 32.2. The van der Waals surface area contributed by atoms with Crippen LogP contribution >= 0.6 is 0 Å². The summed E-state index contributed by atoms with van der Waals surface area (Å²) in [6.07, 6.45) is 7.47. The van der Waals surface area contributed by atoms with Crippen molar-refractivity contribution in [1.82, 2.24) is 19.2 Å². The number of carbonyl (C=O) groups is 1. The zero-order chi connectivity index (χ0) is 22.4. The molecule has 3 rings (SSSR count). The number of aryl methyl sites for hydroxylation is 1. The van der Waals surface area contributed by atoms with Crippen molar-refractivity contribution in [2.75, 3.05) is 26.7 Å². The molecule has 0 aliphatic carbocycles. The van der Waals surface area contributed by atoms with Crippen molar-refractivity contribution in [3.63, 3.8) is 0 Å². The van der Waals surface area contributed by atoms with Crippen LogP contribution in [-0.2, 0) is 21.4 Å². The van der Waals surface area contributed by atoms with E-state index in [-0.39, 0.29) is 29.2 Å². The average molecular weight is 449 g/mol. The van der Waals surface area contributed by atoms with Crippen molar-refractivity contribution in [2.24, 2.45) is 5.92 Å². The average Bonchev–Trinajstić information content (AvgIpc) is 3.29. The minimum atomic E-state index is -3.76. The van der Waals surface area contributed by atoms with Crippen molar-refractivity contribution < 1.29 is 17.9 Å². The molecule has 1 aromatic carbocycles. The minimum Gasteiger partial charge on any atom is -0.495 e. The topological polar surface area (TPSA) is 93.5 Å². The molecule has 0 unspecified atom stereocenters. The van der Waals surface area contributed by atoms with E-state index in [2.05, 4.69) is 10.3 Å². The van der Waals surface area contributed by atoms with E-state index in [9.17, 15) is 13.2 Å². The van der Waals surface area contributed by atoms with Crippen LogP contribution in [0.15, 0.2) is 41.8 Å². The smallest absolute Gasteiger partial charge is 0.246 e. The summed E-state index contributed by atoms with van der Waals surface area (Å²) >= 11 is 0. The summed E-state index contributed by atoms with van der Waals surface area (Å²) < 4.78 is 35.5. The minimum absolute atomic E-state index is 0.0894. The van der Waals surface area contributed by atoms with Gasteiger partial charge in [-0.2, -0.15) is 4.31 Å². The monoisotopic (exact) mass is 448 g/mol. The van der Waals surface area contributed by atoms with E-state index < -0.39 is 10.0 Å². The van der Waals surface area contributed by atoms with Gasteiger partial charge in [-0.05, 0) is 42.9 Å². The third kappa shape index (κ3) is 5.65. The van der Waals surface area contributed by atoms with Crippen molar-refractivity contribution in [2.45, 2.75) is 50.5 Å². The van der Waals surface area contributed by atoms with Crippen molar-refractivity contribution in [3.05, 3.63) is 42.5 Å². The molecule has 0 spiro atoms. The molecule has 1 fully saturated rings. The maximum atomic E-state index is 13.4. The summed E-state index contributed by atoms with van der Waals surface area (Å²) in [7, 11) is -2.29. The molecule has 1 amide bonds. The van der Waals surface area contributed by atoms with Gasteiger partial charge in [-0.25, -0.2) is 13.4 Å². The van der Waals surface area contributed by atoms with Crippen LogP contribution in [0.2, 0.25) is 0 Å². The number of aromatic nitrogens is 2. The molecule has 0 bridgehead atoms. The lowest BCUT2D eigenvalue weighted by molar-refractivity contribution is -0.126. The van der Waals surface area contributed by atoms with Gasteiger partial charge in [-0.3, -0.25) is 4.79 Å². The molecular weight excluding hydrogens is 416 g/mol. The van der Waals surface area contributed by atoms with Crippen LogP contribution < -0.4 is 10.1 Å². The number of hydrogen-bond acceptors (Lipinski definition) is 5. The second kappa shape index (κ2) is 10.3. The number of carbonyl (C=O) groups excluding carboxylic acids is 1. The molecule has 170 valence electrons. The molecule has 2 heterocycles. The van der Waals surface area contributed by atoms with Crippen molar-refractivity contribution in [1.29, 1.82) is 0 Å². The SMILES string of the molecule is COc1ccc(C(C)C)cc1S(=O)(=O)N1CCC[C@H](C(=O)NCCCn2ccnc2)C1. The fraction of sp³-hybridized carbons (Fsp3) is 0.545. The third-order valence-corrected chi connectivity index (χ3v) is 7.56. The zero-order valence-electron chi connectivity index (χ0n) is 18.5. The van der Waals surface area contributed by atoms with Crippen LogP contribution in [0, 0.1) is 5.92 Å². The molecule has 1 aromatic heterocycles. The molecule has 8 nitrogen and oxygen atoms in total. The maximum Gasteiger partial charge on any atom is 0.246 e. The maximum absolute atomic E-state index is 13.4. The number of benzene rings is 1. The fourth-order valence-corrected chi connectivity index (χ4v) is 5.52. The summed E-state index contributed by atoms with van der Waals surface area (Å²) in [4.78, 5) is 16.8. The number of methoxy groups -OCH3 is 1. The van der Waals surface area contributed by atoms with Crippen LogP contribution in [0.3, 0.4) is 0 Å². The molecule has 2 aromatic rings. The first-order chi connectivity index (χ1) is 14.8. The van der Waals surface area contributed by atoms with Crippen LogP contribution in [0.5, 0.6) is 5.75 Å². The first kappa shape index (κ1) is 23.3. The first-order valence-corrected chi connectivity index (χ1v) is 12.2. The Hall–Kier alpha value is -2.39. The van der Waals surface area contributed by atoms with E-state index in [0.717, 1.165) is 18.5 Å².